The minimum atomic E-state index is 0.126. The van der Waals surface area contributed by atoms with E-state index in [0.29, 0.717) is 63.7 Å². The number of rotatable bonds is 12. The topological polar surface area (TPSA) is 112 Å². The fraction of sp³-hybridized carbons (Fsp3) is 0.382. The quantitative estimate of drug-likeness (QED) is 0.194. The predicted octanol–water partition coefficient (Wildman–Crippen LogP) is 6.02. The second-order valence-corrected chi connectivity index (χ2v) is 12.3. The highest BCUT2D eigenvalue weighted by molar-refractivity contribution is 6.39. The summed E-state index contributed by atoms with van der Waals surface area (Å²) in [5.41, 5.74) is 5.63. The van der Waals surface area contributed by atoms with Gasteiger partial charge >= 0.3 is 0 Å². The van der Waals surface area contributed by atoms with E-state index in [2.05, 4.69) is 20.2 Å². The number of carbonyl (C=O) groups excluding carboxylic acids is 1. The van der Waals surface area contributed by atoms with E-state index in [1.165, 1.54) is 0 Å². The Balaban J connectivity index is 1.23. The van der Waals surface area contributed by atoms with Gasteiger partial charge in [-0.2, -0.15) is 0 Å². The summed E-state index contributed by atoms with van der Waals surface area (Å²) in [7, 11) is 4.91. The molecule has 6 rings (SSSR count). The average molecular weight is 664 g/mol. The van der Waals surface area contributed by atoms with Crippen LogP contribution < -0.4 is 14.8 Å². The lowest BCUT2D eigenvalue weighted by molar-refractivity contribution is -0.119. The Morgan fingerprint density at radius 2 is 1.41 bits per heavy atom. The van der Waals surface area contributed by atoms with Gasteiger partial charge in [0.1, 0.15) is 11.4 Å². The summed E-state index contributed by atoms with van der Waals surface area (Å²) in [5, 5.41) is 4.00. The van der Waals surface area contributed by atoms with Crippen molar-refractivity contribution in [3.63, 3.8) is 0 Å². The molecular formula is C34H36Cl2N6O4. The number of carbonyl (C=O) groups is 1. The summed E-state index contributed by atoms with van der Waals surface area (Å²) in [4.78, 5) is 32.6. The first kappa shape index (κ1) is 32.1. The van der Waals surface area contributed by atoms with Gasteiger partial charge in [0.05, 0.1) is 54.2 Å². The zero-order valence-electron chi connectivity index (χ0n) is 26.1. The summed E-state index contributed by atoms with van der Waals surface area (Å²) in [6.07, 6.45) is 7.63. The van der Waals surface area contributed by atoms with Crippen LogP contribution in [0.15, 0.2) is 48.8 Å². The number of nitrogens with one attached hydrogen (secondary N) is 1. The van der Waals surface area contributed by atoms with Gasteiger partial charge in [-0.05, 0) is 25.7 Å². The Hall–Kier alpha value is -3.83. The third-order valence-corrected chi connectivity index (χ3v) is 9.35. The van der Waals surface area contributed by atoms with Gasteiger partial charge in [-0.1, -0.05) is 59.6 Å². The SMILES string of the molecule is COc1nc(-c2cccc(-c3cccc(-c4cnc(CN5CC(OC)C5)c(OC)n4)c3Cl)c2Cl)cnc1CCC[C@@H]1CCC(=O)N1. The highest BCUT2D eigenvalue weighted by atomic mass is 35.5. The number of halogens is 2. The molecular weight excluding hydrogens is 627 g/mol. The van der Waals surface area contributed by atoms with Crippen LogP contribution in [-0.2, 0) is 22.5 Å². The van der Waals surface area contributed by atoms with Crippen LogP contribution in [0.3, 0.4) is 0 Å². The molecule has 2 aromatic carbocycles. The first-order valence-electron chi connectivity index (χ1n) is 15.3. The Bertz CT molecular complexity index is 1730. The molecule has 46 heavy (non-hydrogen) atoms. The molecule has 12 heteroatoms. The van der Waals surface area contributed by atoms with Crippen molar-refractivity contribution in [3.8, 4) is 45.4 Å². The summed E-state index contributed by atoms with van der Waals surface area (Å²) >= 11 is 14.1. The second-order valence-electron chi connectivity index (χ2n) is 11.5. The Labute approximate surface area is 278 Å². The van der Waals surface area contributed by atoms with E-state index in [1.807, 2.05) is 36.4 Å². The largest absolute Gasteiger partial charge is 0.480 e. The standard InChI is InChI=1S/C34H36Cl2N6O4/c1-44-21-17-42(18-21)19-29-34(46-3)41-28(16-38-29)25-11-6-9-23(32(25)36)22-8-5-10-24(31(22)35)27-15-37-26(33(40-27)45-2)12-4-7-20-13-14-30(43)39-20/h5-6,8-11,15-16,20-21H,4,7,12-14,17-19H2,1-3H3,(H,39,43)/t20-/m1/s1. The summed E-state index contributed by atoms with van der Waals surface area (Å²) in [6, 6.07) is 11.7. The van der Waals surface area contributed by atoms with Crippen molar-refractivity contribution in [2.75, 3.05) is 34.4 Å². The number of likely N-dealkylation sites (tertiary alicyclic amines) is 1. The van der Waals surface area contributed by atoms with Crippen LogP contribution in [0.25, 0.3) is 33.6 Å². The van der Waals surface area contributed by atoms with Crippen molar-refractivity contribution in [3.05, 3.63) is 70.2 Å². The molecule has 0 radical (unpaired) electrons. The maximum absolute atomic E-state index is 11.5. The minimum Gasteiger partial charge on any atom is -0.480 e. The predicted molar refractivity (Wildman–Crippen MR) is 177 cm³/mol. The molecule has 10 nitrogen and oxygen atoms in total. The third-order valence-electron chi connectivity index (χ3n) is 8.53. The van der Waals surface area contributed by atoms with Crippen LogP contribution in [0, 0.1) is 0 Å². The van der Waals surface area contributed by atoms with Crippen molar-refractivity contribution in [2.24, 2.45) is 0 Å². The van der Waals surface area contributed by atoms with Crippen LogP contribution in [0.5, 0.6) is 11.8 Å². The summed E-state index contributed by atoms with van der Waals surface area (Å²) < 4.78 is 16.6. The first-order chi connectivity index (χ1) is 22.4. The summed E-state index contributed by atoms with van der Waals surface area (Å²) in [5.74, 6) is 1.04. The van der Waals surface area contributed by atoms with E-state index in [0.717, 1.165) is 54.9 Å². The van der Waals surface area contributed by atoms with E-state index in [9.17, 15) is 4.79 Å². The molecule has 0 bridgehead atoms. The van der Waals surface area contributed by atoms with Crippen LogP contribution in [0.2, 0.25) is 10.0 Å². The lowest BCUT2D eigenvalue weighted by Crippen LogP contribution is -2.51. The molecule has 2 fully saturated rings. The number of methoxy groups -OCH3 is 3. The van der Waals surface area contributed by atoms with Crippen molar-refractivity contribution in [1.82, 2.24) is 30.2 Å². The zero-order valence-corrected chi connectivity index (χ0v) is 27.6. The van der Waals surface area contributed by atoms with Gasteiger partial charge in [-0.15, -0.1) is 0 Å². The van der Waals surface area contributed by atoms with Crippen molar-refractivity contribution in [1.29, 1.82) is 0 Å². The number of amides is 1. The third kappa shape index (κ3) is 6.80. The van der Waals surface area contributed by atoms with Crippen LogP contribution in [0.1, 0.15) is 37.1 Å². The lowest BCUT2D eigenvalue weighted by atomic mass is 9.98. The van der Waals surface area contributed by atoms with Gasteiger partial charge in [-0.3, -0.25) is 19.7 Å². The van der Waals surface area contributed by atoms with Gasteiger partial charge in [0.2, 0.25) is 17.7 Å². The molecule has 4 aromatic rings. The van der Waals surface area contributed by atoms with Gasteiger partial charge < -0.3 is 19.5 Å². The maximum atomic E-state index is 11.5. The Morgan fingerprint density at radius 1 is 0.848 bits per heavy atom. The molecule has 0 aliphatic carbocycles. The smallest absolute Gasteiger partial charge is 0.237 e. The van der Waals surface area contributed by atoms with Crippen molar-refractivity contribution in [2.45, 2.75) is 50.8 Å². The molecule has 1 N–H and O–H groups in total. The number of aryl methyl sites for hydroxylation is 1. The molecule has 2 saturated heterocycles. The average Bonchev–Trinajstić information content (AvgIpc) is 3.47. The maximum Gasteiger partial charge on any atom is 0.237 e. The van der Waals surface area contributed by atoms with Gasteiger partial charge in [0, 0.05) is 61.5 Å². The number of benzene rings is 2. The molecule has 2 aliphatic heterocycles. The Kier molecular flexibility index (Phi) is 9.98. The number of hydrogen-bond acceptors (Lipinski definition) is 9. The fourth-order valence-electron chi connectivity index (χ4n) is 5.96. The van der Waals surface area contributed by atoms with Crippen molar-refractivity contribution >= 4 is 29.1 Å². The first-order valence-corrected chi connectivity index (χ1v) is 16.1. The van der Waals surface area contributed by atoms with E-state index in [-0.39, 0.29) is 18.1 Å². The lowest BCUT2D eigenvalue weighted by Gasteiger charge is -2.37. The van der Waals surface area contributed by atoms with E-state index in [1.54, 1.807) is 33.7 Å². The molecule has 1 amide bonds. The van der Waals surface area contributed by atoms with Crippen molar-refractivity contribution < 1.29 is 19.0 Å². The van der Waals surface area contributed by atoms with Gasteiger partial charge in [-0.25, -0.2) is 9.97 Å². The van der Waals surface area contributed by atoms with E-state index >= 15 is 0 Å². The monoisotopic (exact) mass is 662 g/mol. The Morgan fingerprint density at radius 3 is 1.96 bits per heavy atom. The number of nitrogens with zero attached hydrogens (tertiary/aromatic N) is 5. The number of aromatic nitrogens is 4. The number of hydrogen-bond donors (Lipinski definition) is 1. The minimum absolute atomic E-state index is 0.126. The molecule has 240 valence electrons. The van der Waals surface area contributed by atoms with E-state index in [4.69, 9.17) is 47.4 Å². The molecule has 0 saturated carbocycles. The van der Waals surface area contributed by atoms with E-state index < -0.39 is 0 Å². The highest BCUT2D eigenvalue weighted by Crippen LogP contribution is 2.42. The highest BCUT2D eigenvalue weighted by Gasteiger charge is 2.28. The molecule has 0 unspecified atom stereocenters. The molecule has 0 spiro atoms. The molecule has 2 aliphatic rings. The van der Waals surface area contributed by atoms with Crippen LogP contribution in [0.4, 0.5) is 0 Å². The van der Waals surface area contributed by atoms with Crippen LogP contribution >= 0.6 is 23.2 Å². The molecule has 2 aromatic heterocycles. The second kappa shape index (κ2) is 14.3. The molecule has 1 atom stereocenters. The fourth-order valence-corrected chi connectivity index (χ4v) is 6.61. The normalized spacial score (nSPS) is 16.7. The number of ether oxygens (including phenoxy) is 3. The zero-order chi connectivity index (χ0) is 32.2. The summed E-state index contributed by atoms with van der Waals surface area (Å²) in [6.45, 7) is 2.32. The molecule has 4 heterocycles. The van der Waals surface area contributed by atoms with Crippen LogP contribution in [-0.4, -0.2) is 77.3 Å². The van der Waals surface area contributed by atoms with Gasteiger partial charge in [0.25, 0.3) is 0 Å². The van der Waals surface area contributed by atoms with Gasteiger partial charge in [0.15, 0.2) is 0 Å².